The molecule has 0 saturated heterocycles. The molecule has 1 amide bonds. The summed E-state index contributed by atoms with van der Waals surface area (Å²) < 4.78 is 0. The number of nitrogens with zero attached hydrogens (tertiary/aromatic N) is 1. The van der Waals surface area contributed by atoms with E-state index in [-0.39, 0.29) is 11.9 Å². The highest BCUT2D eigenvalue weighted by molar-refractivity contribution is 5.98. The van der Waals surface area contributed by atoms with Crippen molar-refractivity contribution in [2.45, 2.75) is 26.3 Å². The van der Waals surface area contributed by atoms with E-state index in [1.54, 1.807) is 4.90 Å². The van der Waals surface area contributed by atoms with Crippen molar-refractivity contribution in [2.75, 3.05) is 17.3 Å². The summed E-state index contributed by atoms with van der Waals surface area (Å²) in [5.41, 5.74) is 3.19. The number of rotatable bonds is 0. The Bertz CT molecular complexity index is 401. The molecule has 0 fully saturated rings. The van der Waals surface area contributed by atoms with Crippen LogP contribution in [-0.2, 0) is 4.79 Å². The van der Waals surface area contributed by atoms with E-state index in [4.69, 9.17) is 0 Å². The molecular weight excluding hydrogens is 188 g/mol. The quantitative estimate of drug-likeness (QED) is 0.702. The zero-order valence-corrected chi connectivity index (χ0v) is 9.37. The Morgan fingerprint density at radius 1 is 1.47 bits per heavy atom. The van der Waals surface area contributed by atoms with Crippen molar-refractivity contribution in [1.82, 2.24) is 0 Å². The van der Waals surface area contributed by atoms with Gasteiger partial charge in [-0.15, -0.1) is 0 Å². The molecule has 0 radical (unpaired) electrons. The van der Waals surface area contributed by atoms with Crippen LogP contribution in [0.2, 0.25) is 0 Å². The number of carbonyl (C=O) groups excluding carboxylic acids is 1. The van der Waals surface area contributed by atoms with Crippen LogP contribution in [0.4, 0.5) is 11.4 Å². The third-order valence-electron chi connectivity index (χ3n) is 2.77. The van der Waals surface area contributed by atoms with Crippen LogP contribution in [0.25, 0.3) is 0 Å². The first kappa shape index (κ1) is 10.0. The van der Waals surface area contributed by atoms with Crippen LogP contribution in [0.1, 0.15) is 18.9 Å². The van der Waals surface area contributed by atoms with Crippen LogP contribution in [0, 0.1) is 6.92 Å². The van der Waals surface area contributed by atoms with Crippen molar-refractivity contribution in [3.8, 4) is 0 Å². The molecule has 3 nitrogen and oxygen atoms in total. The number of benzene rings is 1. The van der Waals surface area contributed by atoms with E-state index in [1.807, 2.05) is 33.0 Å². The Morgan fingerprint density at radius 3 is 2.93 bits per heavy atom. The van der Waals surface area contributed by atoms with Crippen molar-refractivity contribution >= 4 is 17.3 Å². The summed E-state index contributed by atoms with van der Waals surface area (Å²) in [5, 5.41) is 3.35. The standard InChI is InChI=1S/C12H16N2O/c1-8-4-5-10-11(6-8)14(3)12(15)7-9(2)13-10/h4-6,9,13H,7H2,1-3H3. The molecule has 1 aromatic rings. The summed E-state index contributed by atoms with van der Waals surface area (Å²) in [7, 11) is 1.83. The summed E-state index contributed by atoms with van der Waals surface area (Å²) in [6.07, 6.45) is 0.546. The highest BCUT2D eigenvalue weighted by atomic mass is 16.2. The Labute approximate surface area is 90.1 Å². The zero-order chi connectivity index (χ0) is 11.0. The number of carbonyl (C=O) groups is 1. The fourth-order valence-corrected chi connectivity index (χ4v) is 1.89. The Kier molecular flexibility index (Phi) is 2.39. The molecule has 1 N–H and O–H groups in total. The van der Waals surface area contributed by atoms with E-state index < -0.39 is 0 Å². The smallest absolute Gasteiger partial charge is 0.228 e. The molecular formula is C12H16N2O. The lowest BCUT2D eigenvalue weighted by atomic mass is 10.2. The van der Waals surface area contributed by atoms with Gasteiger partial charge >= 0.3 is 0 Å². The monoisotopic (exact) mass is 204 g/mol. The molecule has 15 heavy (non-hydrogen) atoms. The molecule has 0 saturated carbocycles. The second-order valence-electron chi connectivity index (χ2n) is 4.22. The van der Waals surface area contributed by atoms with Crippen molar-refractivity contribution in [3.05, 3.63) is 23.8 Å². The average Bonchev–Trinajstić information content (AvgIpc) is 2.27. The summed E-state index contributed by atoms with van der Waals surface area (Å²) in [6, 6.07) is 6.33. The molecule has 1 aliphatic rings. The van der Waals surface area contributed by atoms with Gasteiger partial charge in [-0.25, -0.2) is 0 Å². The minimum Gasteiger partial charge on any atom is -0.380 e. The van der Waals surface area contributed by atoms with Gasteiger partial charge in [-0.05, 0) is 31.5 Å². The van der Waals surface area contributed by atoms with Gasteiger partial charge in [-0.1, -0.05) is 6.07 Å². The van der Waals surface area contributed by atoms with Gasteiger partial charge in [-0.2, -0.15) is 0 Å². The van der Waals surface area contributed by atoms with Gasteiger partial charge in [0.15, 0.2) is 0 Å². The molecule has 3 heteroatoms. The van der Waals surface area contributed by atoms with Crippen molar-refractivity contribution in [2.24, 2.45) is 0 Å². The van der Waals surface area contributed by atoms with Gasteiger partial charge in [-0.3, -0.25) is 4.79 Å². The number of amides is 1. The number of anilines is 2. The van der Waals surface area contributed by atoms with E-state index in [0.717, 1.165) is 11.4 Å². The maximum absolute atomic E-state index is 11.8. The van der Waals surface area contributed by atoms with Crippen LogP contribution >= 0.6 is 0 Å². The van der Waals surface area contributed by atoms with Crippen LogP contribution in [0.15, 0.2) is 18.2 Å². The Balaban J connectivity index is 2.50. The average molecular weight is 204 g/mol. The predicted octanol–water partition coefficient (Wildman–Crippen LogP) is 2.16. The van der Waals surface area contributed by atoms with E-state index in [2.05, 4.69) is 11.4 Å². The minimum atomic E-state index is 0.166. The van der Waals surface area contributed by atoms with Gasteiger partial charge in [0.2, 0.25) is 5.91 Å². The highest BCUT2D eigenvalue weighted by Gasteiger charge is 2.22. The van der Waals surface area contributed by atoms with E-state index in [9.17, 15) is 4.79 Å². The first-order chi connectivity index (χ1) is 7.08. The molecule has 0 aliphatic carbocycles. The number of hydrogen-bond acceptors (Lipinski definition) is 2. The van der Waals surface area contributed by atoms with E-state index in [1.165, 1.54) is 5.56 Å². The first-order valence-corrected chi connectivity index (χ1v) is 5.21. The third-order valence-corrected chi connectivity index (χ3v) is 2.77. The van der Waals surface area contributed by atoms with E-state index in [0.29, 0.717) is 6.42 Å². The number of nitrogens with one attached hydrogen (secondary N) is 1. The van der Waals surface area contributed by atoms with Crippen molar-refractivity contribution in [3.63, 3.8) is 0 Å². The predicted molar refractivity (Wildman–Crippen MR) is 62.3 cm³/mol. The minimum absolute atomic E-state index is 0.166. The van der Waals surface area contributed by atoms with Crippen LogP contribution < -0.4 is 10.2 Å². The molecule has 0 aromatic heterocycles. The number of fused-ring (bicyclic) bond motifs is 1. The number of aryl methyl sites for hydroxylation is 1. The normalized spacial score (nSPS) is 20.6. The third kappa shape index (κ3) is 1.82. The van der Waals surface area contributed by atoms with Gasteiger partial charge in [0.1, 0.15) is 0 Å². The van der Waals surface area contributed by atoms with Gasteiger partial charge < -0.3 is 10.2 Å². The molecule has 1 heterocycles. The lowest BCUT2D eigenvalue weighted by Crippen LogP contribution is -2.27. The molecule has 1 aromatic carbocycles. The molecule has 1 aliphatic heterocycles. The SMILES string of the molecule is Cc1ccc2c(c1)N(C)C(=O)CC(C)N2. The van der Waals surface area contributed by atoms with Crippen LogP contribution in [0.5, 0.6) is 0 Å². The van der Waals surface area contributed by atoms with Gasteiger partial charge in [0, 0.05) is 19.5 Å². The molecule has 1 unspecified atom stereocenters. The topological polar surface area (TPSA) is 32.3 Å². The maximum atomic E-state index is 11.8. The first-order valence-electron chi connectivity index (χ1n) is 5.21. The van der Waals surface area contributed by atoms with Crippen LogP contribution in [-0.4, -0.2) is 19.0 Å². The lowest BCUT2D eigenvalue weighted by molar-refractivity contribution is -0.118. The highest BCUT2D eigenvalue weighted by Crippen LogP contribution is 2.30. The largest absolute Gasteiger partial charge is 0.380 e. The molecule has 1 atom stereocenters. The van der Waals surface area contributed by atoms with Crippen molar-refractivity contribution < 1.29 is 4.79 Å². The summed E-state index contributed by atoms with van der Waals surface area (Å²) in [4.78, 5) is 13.5. The second kappa shape index (κ2) is 3.57. The fraction of sp³-hybridized carbons (Fsp3) is 0.417. The fourth-order valence-electron chi connectivity index (χ4n) is 1.89. The Morgan fingerprint density at radius 2 is 2.20 bits per heavy atom. The maximum Gasteiger partial charge on any atom is 0.228 e. The van der Waals surface area contributed by atoms with Gasteiger partial charge in [0.05, 0.1) is 11.4 Å². The summed E-state index contributed by atoms with van der Waals surface area (Å²) >= 11 is 0. The molecule has 0 spiro atoms. The van der Waals surface area contributed by atoms with Gasteiger partial charge in [0.25, 0.3) is 0 Å². The van der Waals surface area contributed by atoms with Crippen molar-refractivity contribution in [1.29, 1.82) is 0 Å². The molecule has 2 rings (SSSR count). The van der Waals surface area contributed by atoms with E-state index >= 15 is 0 Å². The van der Waals surface area contributed by atoms with Crippen LogP contribution in [0.3, 0.4) is 0 Å². The Hall–Kier alpha value is -1.51. The second-order valence-corrected chi connectivity index (χ2v) is 4.22. The molecule has 80 valence electrons. The molecule has 0 bridgehead atoms. The summed E-state index contributed by atoms with van der Waals surface area (Å²) in [6.45, 7) is 4.06. The summed E-state index contributed by atoms with van der Waals surface area (Å²) in [5.74, 6) is 0.166. The zero-order valence-electron chi connectivity index (χ0n) is 9.37. The lowest BCUT2D eigenvalue weighted by Gasteiger charge is -2.17. The number of hydrogen-bond donors (Lipinski definition) is 1.